The molecular formula is C13H10ClF3N4S2. The number of benzene rings is 1. The summed E-state index contributed by atoms with van der Waals surface area (Å²) in [4.78, 5) is 4.16. The average molecular weight is 379 g/mol. The van der Waals surface area contributed by atoms with Gasteiger partial charge in [0, 0.05) is 5.38 Å². The lowest BCUT2D eigenvalue weighted by Gasteiger charge is -2.12. The number of aromatic nitrogens is 1. The number of thiocarbonyl (C=S) groups is 1. The van der Waals surface area contributed by atoms with E-state index in [9.17, 15) is 13.2 Å². The number of rotatable bonds is 3. The molecule has 1 aromatic heterocycles. The van der Waals surface area contributed by atoms with Gasteiger partial charge in [-0.25, -0.2) is 4.98 Å². The van der Waals surface area contributed by atoms with Crippen LogP contribution in [0.25, 0.3) is 0 Å². The Morgan fingerprint density at radius 3 is 2.78 bits per heavy atom. The zero-order valence-electron chi connectivity index (χ0n) is 11.6. The van der Waals surface area contributed by atoms with E-state index in [0.29, 0.717) is 5.69 Å². The van der Waals surface area contributed by atoms with Crippen molar-refractivity contribution in [3.8, 4) is 0 Å². The Balaban J connectivity index is 2.01. The molecular weight excluding hydrogens is 369 g/mol. The van der Waals surface area contributed by atoms with Crippen LogP contribution in [0.5, 0.6) is 0 Å². The Morgan fingerprint density at radius 2 is 2.17 bits per heavy atom. The first-order valence-corrected chi connectivity index (χ1v) is 7.81. The molecule has 1 aromatic carbocycles. The van der Waals surface area contributed by atoms with Crippen LogP contribution in [0.1, 0.15) is 16.3 Å². The third-order valence-corrected chi connectivity index (χ3v) is 3.86. The molecule has 0 bridgehead atoms. The quantitative estimate of drug-likeness (QED) is 0.471. The summed E-state index contributed by atoms with van der Waals surface area (Å²) in [5.41, 5.74) is 2.36. The van der Waals surface area contributed by atoms with Crippen molar-refractivity contribution in [1.82, 2.24) is 10.4 Å². The summed E-state index contributed by atoms with van der Waals surface area (Å²) in [7, 11) is 0. The molecule has 0 aliphatic carbocycles. The van der Waals surface area contributed by atoms with Crippen molar-refractivity contribution >= 4 is 52.2 Å². The van der Waals surface area contributed by atoms with E-state index in [1.54, 1.807) is 5.38 Å². The lowest BCUT2D eigenvalue weighted by molar-refractivity contribution is -0.137. The minimum Gasteiger partial charge on any atom is -0.330 e. The van der Waals surface area contributed by atoms with Gasteiger partial charge in [-0.3, -0.25) is 5.43 Å². The second-order valence-electron chi connectivity index (χ2n) is 4.31. The average Bonchev–Trinajstić information content (AvgIpc) is 2.85. The Bertz CT molecular complexity index is 743. The molecule has 0 spiro atoms. The van der Waals surface area contributed by atoms with Gasteiger partial charge in [-0.15, -0.1) is 11.3 Å². The maximum atomic E-state index is 12.7. The van der Waals surface area contributed by atoms with Crippen molar-refractivity contribution < 1.29 is 13.2 Å². The molecule has 122 valence electrons. The molecule has 0 radical (unpaired) electrons. The third-order valence-electron chi connectivity index (χ3n) is 2.54. The Labute approximate surface area is 144 Å². The van der Waals surface area contributed by atoms with Crippen LogP contribution >= 0.6 is 35.2 Å². The van der Waals surface area contributed by atoms with Gasteiger partial charge in [-0.05, 0) is 37.3 Å². The molecule has 4 nitrogen and oxygen atoms in total. The number of anilines is 1. The number of thiazole rings is 1. The molecule has 10 heteroatoms. The van der Waals surface area contributed by atoms with Gasteiger partial charge in [0.2, 0.25) is 0 Å². The summed E-state index contributed by atoms with van der Waals surface area (Å²) in [6.07, 6.45) is -3.01. The molecule has 2 rings (SSSR count). The number of hydrogen-bond donors (Lipinski definition) is 2. The van der Waals surface area contributed by atoms with Gasteiger partial charge >= 0.3 is 6.18 Å². The highest BCUT2D eigenvalue weighted by atomic mass is 35.5. The molecule has 0 fully saturated rings. The maximum Gasteiger partial charge on any atom is 0.416 e. The molecule has 2 N–H and O–H groups in total. The number of halogens is 4. The van der Waals surface area contributed by atoms with E-state index in [1.165, 1.54) is 17.6 Å². The van der Waals surface area contributed by atoms with E-state index in [1.807, 2.05) is 6.92 Å². The molecule has 0 saturated heterocycles. The summed E-state index contributed by atoms with van der Waals surface area (Å²) < 4.78 is 38.0. The van der Waals surface area contributed by atoms with Crippen molar-refractivity contribution in [1.29, 1.82) is 0 Å². The second kappa shape index (κ2) is 7.24. The van der Waals surface area contributed by atoms with Crippen LogP contribution in [0.2, 0.25) is 5.02 Å². The molecule has 1 heterocycles. The Hall–Kier alpha value is -1.71. The van der Waals surface area contributed by atoms with Crippen LogP contribution in [0.4, 0.5) is 18.9 Å². The van der Waals surface area contributed by atoms with Gasteiger partial charge in [0.25, 0.3) is 0 Å². The molecule has 0 aliphatic heterocycles. The molecule has 2 aromatic rings. The predicted molar refractivity (Wildman–Crippen MR) is 90.3 cm³/mol. The monoisotopic (exact) mass is 378 g/mol. The van der Waals surface area contributed by atoms with Crippen LogP contribution in [-0.4, -0.2) is 16.3 Å². The highest BCUT2D eigenvalue weighted by molar-refractivity contribution is 7.80. The number of hydrogen-bond acceptors (Lipinski definition) is 4. The first-order chi connectivity index (χ1) is 10.8. The normalized spacial score (nSPS) is 11.7. The minimum absolute atomic E-state index is 0.00873. The lowest BCUT2D eigenvalue weighted by atomic mass is 10.2. The maximum absolute atomic E-state index is 12.7. The Kier molecular flexibility index (Phi) is 5.55. The summed E-state index contributed by atoms with van der Waals surface area (Å²) in [5, 5.41) is 9.24. The lowest BCUT2D eigenvalue weighted by Crippen LogP contribution is -2.24. The van der Waals surface area contributed by atoms with Crippen LogP contribution < -0.4 is 10.7 Å². The summed E-state index contributed by atoms with van der Waals surface area (Å²) in [5.74, 6) is 0. The van der Waals surface area contributed by atoms with Gasteiger partial charge in [-0.2, -0.15) is 18.3 Å². The molecule has 0 aliphatic rings. The van der Waals surface area contributed by atoms with Crippen molar-refractivity contribution in [3.05, 3.63) is 44.9 Å². The zero-order chi connectivity index (χ0) is 17.0. The van der Waals surface area contributed by atoms with Gasteiger partial charge in [0.05, 0.1) is 33.2 Å². The van der Waals surface area contributed by atoms with Gasteiger partial charge in [0.1, 0.15) is 0 Å². The standard InChI is InChI=1S/C13H10ClF3N4S2/c1-7-19-9(6-23-7)5-18-21-12(22)20-11-4-8(13(15,16)17)2-3-10(11)14/h2-6H,1H3,(H2,20,21,22). The van der Waals surface area contributed by atoms with E-state index in [0.717, 1.165) is 23.2 Å². The fourth-order valence-corrected chi connectivity index (χ4v) is 2.43. The fourth-order valence-electron chi connectivity index (χ4n) is 1.54. The number of aryl methyl sites for hydroxylation is 1. The number of alkyl halides is 3. The van der Waals surface area contributed by atoms with Gasteiger partial charge < -0.3 is 5.32 Å². The summed E-state index contributed by atoms with van der Waals surface area (Å²) >= 11 is 12.3. The zero-order valence-corrected chi connectivity index (χ0v) is 14.0. The number of nitrogens with one attached hydrogen (secondary N) is 2. The fraction of sp³-hybridized carbons (Fsp3) is 0.154. The molecule has 0 saturated carbocycles. The van der Waals surface area contributed by atoms with E-state index < -0.39 is 11.7 Å². The smallest absolute Gasteiger partial charge is 0.330 e. The molecule has 0 amide bonds. The Morgan fingerprint density at radius 1 is 1.43 bits per heavy atom. The van der Waals surface area contributed by atoms with E-state index >= 15 is 0 Å². The summed E-state index contributed by atoms with van der Waals surface area (Å²) in [6.45, 7) is 1.86. The molecule has 0 atom stereocenters. The van der Waals surface area contributed by atoms with Crippen molar-refractivity contribution in [2.75, 3.05) is 5.32 Å². The number of hydrazone groups is 1. The first kappa shape index (κ1) is 17.6. The van der Waals surface area contributed by atoms with Crippen LogP contribution in [0, 0.1) is 6.92 Å². The van der Waals surface area contributed by atoms with Crippen molar-refractivity contribution in [3.63, 3.8) is 0 Å². The van der Waals surface area contributed by atoms with Gasteiger partial charge in [0.15, 0.2) is 5.11 Å². The first-order valence-electron chi connectivity index (χ1n) is 6.14. The van der Waals surface area contributed by atoms with Crippen molar-refractivity contribution in [2.45, 2.75) is 13.1 Å². The molecule has 0 unspecified atom stereocenters. The number of nitrogens with zero attached hydrogens (tertiary/aromatic N) is 2. The van der Waals surface area contributed by atoms with E-state index in [-0.39, 0.29) is 15.8 Å². The molecule has 23 heavy (non-hydrogen) atoms. The van der Waals surface area contributed by atoms with Crippen molar-refractivity contribution in [2.24, 2.45) is 5.10 Å². The summed E-state index contributed by atoms with van der Waals surface area (Å²) in [6, 6.07) is 2.92. The SMILES string of the molecule is Cc1nc(C=NNC(=S)Nc2cc(C(F)(F)F)ccc2Cl)cs1. The van der Waals surface area contributed by atoms with Crippen LogP contribution in [0.15, 0.2) is 28.7 Å². The van der Waals surface area contributed by atoms with E-state index in [4.69, 9.17) is 23.8 Å². The van der Waals surface area contributed by atoms with Gasteiger partial charge in [-0.1, -0.05) is 11.6 Å². The van der Waals surface area contributed by atoms with Crippen LogP contribution in [0.3, 0.4) is 0 Å². The highest BCUT2D eigenvalue weighted by Gasteiger charge is 2.31. The predicted octanol–water partition coefficient (Wildman–Crippen LogP) is 4.44. The van der Waals surface area contributed by atoms with E-state index in [2.05, 4.69) is 20.8 Å². The second-order valence-corrected chi connectivity index (χ2v) is 6.19. The third kappa shape index (κ3) is 5.15. The van der Waals surface area contributed by atoms with Crippen LogP contribution in [-0.2, 0) is 6.18 Å². The topological polar surface area (TPSA) is 49.3 Å². The highest BCUT2D eigenvalue weighted by Crippen LogP contribution is 2.33. The minimum atomic E-state index is -4.46. The largest absolute Gasteiger partial charge is 0.416 e.